The molecule has 0 spiro atoms. The molecule has 0 fully saturated rings. The highest BCUT2D eigenvalue weighted by Crippen LogP contribution is 2.60. The number of phenols is 1. The van der Waals surface area contributed by atoms with E-state index in [0.29, 0.717) is 5.75 Å². The molecule has 0 amide bonds. The highest BCUT2D eigenvalue weighted by atomic mass is 31.2. The number of benzene rings is 1. The second kappa shape index (κ2) is 19.9. The van der Waals surface area contributed by atoms with Crippen LogP contribution >= 0.6 is 7.26 Å². The van der Waals surface area contributed by atoms with E-state index in [1.165, 1.54) is 134 Å². The van der Waals surface area contributed by atoms with Crippen LogP contribution in [-0.2, 0) is 0 Å². The molecule has 0 aromatic heterocycles. The maximum atomic E-state index is 9.92. The van der Waals surface area contributed by atoms with Gasteiger partial charge in [0.2, 0.25) is 0 Å². The molecule has 0 aliphatic carbocycles. The molecule has 1 aromatic carbocycles. The van der Waals surface area contributed by atoms with Gasteiger partial charge in [-0.2, -0.15) is 0 Å². The first-order valence-corrected chi connectivity index (χ1v) is 16.7. The average Bonchev–Trinajstić information content (AvgIpc) is 2.80. The van der Waals surface area contributed by atoms with Crippen LogP contribution < -0.4 is 5.30 Å². The minimum atomic E-state index is -1.15. The van der Waals surface area contributed by atoms with Crippen LogP contribution in [0.15, 0.2) is 24.3 Å². The maximum absolute atomic E-state index is 9.92. The molecule has 1 rings (SSSR count). The van der Waals surface area contributed by atoms with Gasteiger partial charge >= 0.3 is 0 Å². The SMILES string of the molecule is CCCCCCCC[P+](CCCCCCCC)(CCCCCCCC)c1ccc(O)cc1. The van der Waals surface area contributed by atoms with E-state index in [1.807, 2.05) is 12.1 Å². The van der Waals surface area contributed by atoms with Crippen molar-refractivity contribution in [3.8, 4) is 5.75 Å². The molecule has 186 valence electrons. The van der Waals surface area contributed by atoms with Gasteiger partial charge in [0.05, 0.1) is 23.8 Å². The summed E-state index contributed by atoms with van der Waals surface area (Å²) in [7, 11) is -1.15. The zero-order chi connectivity index (χ0) is 23.3. The molecular weight excluding hydrogens is 407 g/mol. The minimum Gasteiger partial charge on any atom is -0.508 e. The van der Waals surface area contributed by atoms with Crippen molar-refractivity contribution in [3.63, 3.8) is 0 Å². The van der Waals surface area contributed by atoms with Crippen molar-refractivity contribution in [2.24, 2.45) is 0 Å². The van der Waals surface area contributed by atoms with Crippen LogP contribution in [0, 0.1) is 0 Å². The van der Waals surface area contributed by atoms with Crippen molar-refractivity contribution in [2.75, 3.05) is 18.5 Å². The van der Waals surface area contributed by atoms with Crippen molar-refractivity contribution in [1.29, 1.82) is 0 Å². The lowest BCUT2D eigenvalue weighted by Gasteiger charge is -2.28. The lowest BCUT2D eigenvalue weighted by molar-refractivity contribution is 0.475. The molecule has 2 heteroatoms. The van der Waals surface area contributed by atoms with E-state index in [0.717, 1.165) is 0 Å². The Morgan fingerprint density at radius 1 is 0.469 bits per heavy atom. The number of unbranched alkanes of at least 4 members (excludes halogenated alkanes) is 15. The fraction of sp³-hybridized carbons (Fsp3) is 0.800. The normalized spacial score (nSPS) is 11.8. The molecular formula is C30H56OP+. The van der Waals surface area contributed by atoms with Gasteiger partial charge in [-0.05, 0) is 62.8 Å². The third kappa shape index (κ3) is 13.2. The summed E-state index contributed by atoms with van der Waals surface area (Å²) < 4.78 is 0. The van der Waals surface area contributed by atoms with Gasteiger partial charge in [0, 0.05) is 7.26 Å². The summed E-state index contributed by atoms with van der Waals surface area (Å²) in [5.41, 5.74) is 0. The summed E-state index contributed by atoms with van der Waals surface area (Å²) in [5.74, 6) is 0.422. The highest BCUT2D eigenvalue weighted by molar-refractivity contribution is 7.82. The lowest BCUT2D eigenvalue weighted by atomic mass is 10.1. The quantitative estimate of drug-likeness (QED) is 0.134. The predicted octanol–water partition coefficient (Wildman–Crippen LogP) is 10.1. The summed E-state index contributed by atoms with van der Waals surface area (Å²) in [4.78, 5) is 0. The van der Waals surface area contributed by atoms with E-state index in [1.54, 1.807) is 5.30 Å². The third-order valence-electron chi connectivity index (χ3n) is 7.22. The molecule has 0 saturated carbocycles. The Labute approximate surface area is 202 Å². The van der Waals surface area contributed by atoms with Crippen molar-refractivity contribution in [2.45, 2.75) is 136 Å². The van der Waals surface area contributed by atoms with E-state index in [9.17, 15) is 5.11 Å². The highest BCUT2D eigenvalue weighted by Gasteiger charge is 2.38. The van der Waals surface area contributed by atoms with Gasteiger partial charge in [0.1, 0.15) is 5.75 Å². The number of aromatic hydroxyl groups is 1. The Bertz CT molecular complexity index is 483. The molecule has 0 radical (unpaired) electrons. The van der Waals surface area contributed by atoms with Crippen molar-refractivity contribution in [1.82, 2.24) is 0 Å². The van der Waals surface area contributed by atoms with Crippen LogP contribution in [-0.4, -0.2) is 23.6 Å². The van der Waals surface area contributed by atoms with Gasteiger partial charge in [0.15, 0.2) is 0 Å². The summed E-state index contributed by atoms with van der Waals surface area (Å²) in [6, 6.07) is 8.48. The first-order chi connectivity index (χ1) is 15.7. The molecule has 0 atom stereocenters. The molecule has 0 unspecified atom stereocenters. The van der Waals surface area contributed by atoms with Crippen molar-refractivity contribution >= 4 is 12.6 Å². The van der Waals surface area contributed by atoms with Crippen LogP contribution in [0.2, 0.25) is 0 Å². The molecule has 1 aromatic rings. The largest absolute Gasteiger partial charge is 0.508 e. The topological polar surface area (TPSA) is 20.2 Å². The Morgan fingerprint density at radius 3 is 1.12 bits per heavy atom. The van der Waals surface area contributed by atoms with Crippen molar-refractivity contribution in [3.05, 3.63) is 24.3 Å². The van der Waals surface area contributed by atoms with E-state index >= 15 is 0 Å². The Balaban J connectivity index is 2.78. The molecule has 1 N–H and O–H groups in total. The molecule has 0 aliphatic heterocycles. The summed E-state index contributed by atoms with van der Waals surface area (Å²) in [6.07, 6.45) is 29.4. The number of hydrogen-bond acceptors (Lipinski definition) is 1. The molecule has 0 bridgehead atoms. The standard InChI is InChI=1S/C30H55OP/c1-4-7-10-13-16-19-26-32(27-20-17-14-11-8-5-2,28-21-18-15-12-9-6-3)30-24-22-29(31)23-25-30/h22-25H,4-21,26-28H2,1-3H3/p+1. The summed E-state index contributed by atoms with van der Waals surface area (Å²) >= 11 is 0. The molecule has 0 saturated heterocycles. The first kappa shape index (κ1) is 29.5. The van der Waals surface area contributed by atoms with Gasteiger partial charge in [-0.3, -0.25) is 0 Å². The predicted molar refractivity (Wildman–Crippen MR) is 149 cm³/mol. The van der Waals surface area contributed by atoms with Crippen LogP contribution in [0.4, 0.5) is 0 Å². The van der Waals surface area contributed by atoms with Crippen LogP contribution in [0.5, 0.6) is 5.75 Å². The van der Waals surface area contributed by atoms with Crippen molar-refractivity contribution < 1.29 is 5.11 Å². The Morgan fingerprint density at radius 2 is 0.781 bits per heavy atom. The third-order valence-corrected chi connectivity index (χ3v) is 12.1. The van der Waals surface area contributed by atoms with E-state index < -0.39 is 7.26 Å². The van der Waals surface area contributed by atoms with Crippen LogP contribution in [0.25, 0.3) is 0 Å². The Hall–Kier alpha value is -0.550. The fourth-order valence-corrected chi connectivity index (χ4v) is 9.79. The van der Waals surface area contributed by atoms with E-state index in [-0.39, 0.29) is 0 Å². The maximum Gasteiger partial charge on any atom is 0.115 e. The van der Waals surface area contributed by atoms with Gasteiger partial charge in [-0.1, -0.05) is 97.8 Å². The number of hydrogen-bond donors (Lipinski definition) is 1. The minimum absolute atomic E-state index is 0.422. The van der Waals surface area contributed by atoms with E-state index in [4.69, 9.17) is 0 Å². The second-order valence-electron chi connectivity index (χ2n) is 10.1. The Kier molecular flexibility index (Phi) is 18.3. The average molecular weight is 464 g/mol. The number of phenolic OH excluding ortho intramolecular Hbond substituents is 1. The lowest BCUT2D eigenvalue weighted by Crippen LogP contribution is -2.21. The first-order valence-electron chi connectivity index (χ1n) is 14.3. The summed E-state index contributed by atoms with van der Waals surface area (Å²) in [6.45, 7) is 6.92. The van der Waals surface area contributed by atoms with Gasteiger partial charge in [-0.15, -0.1) is 0 Å². The van der Waals surface area contributed by atoms with Crippen LogP contribution in [0.1, 0.15) is 136 Å². The molecule has 0 aliphatic rings. The fourth-order valence-electron chi connectivity index (χ4n) is 5.08. The van der Waals surface area contributed by atoms with Gasteiger partial charge in [-0.25, -0.2) is 0 Å². The van der Waals surface area contributed by atoms with Crippen LogP contribution in [0.3, 0.4) is 0 Å². The molecule has 0 heterocycles. The molecule has 32 heavy (non-hydrogen) atoms. The number of rotatable bonds is 22. The van der Waals surface area contributed by atoms with Gasteiger partial charge < -0.3 is 5.11 Å². The second-order valence-corrected chi connectivity index (χ2v) is 14.3. The molecule has 1 nitrogen and oxygen atoms in total. The summed E-state index contributed by atoms with van der Waals surface area (Å²) in [5, 5.41) is 11.5. The zero-order valence-corrected chi connectivity index (χ0v) is 22.9. The smallest absolute Gasteiger partial charge is 0.115 e. The monoisotopic (exact) mass is 463 g/mol. The zero-order valence-electron chi connectivity index (χ0n) is 22.1. The van der Waals surface area contributed by atoms with Gasteiger partial charge in [0.25, 0.3) is 0 Å². The van der Waals surface area contributed by atoms with E-state index in [2.05, 4.69) is 32.9 Å².